The second-order valence-electron chi connectivity index (χ2n) is 7.45. The van der Waals surface area contributed by atoms with Gasteiger partial charge in [-0.05, 0) is 30.8 Å². The van der Waals surface area contributed by atoms with E-state index in [0.717, 1.165) is 6.42 Å². The summed E-state index contributed by atoms with van der Waals surface area (Å²) in [5.74, 6) is -0.421. The summed E-state index contributed by atoms with van der Waals surface area (Å²) >= 11 is 1.57. The number of carbonyl (C=O) groups excluding carboxylic acids is 3. The van der Waals surface area contributed by atoms with Crippen LogP contribution in [0.25, 0.3) is 0 Å². The highest BCUT2D eigenvalue weighted by atomic mass is 32.2. The summed E-state index contributed by atoms with van der Waals surface area (Å²) in [4.78, 5) is 36.8. The number of rotatable bonds is 10. The Bertz CT molecular complexity index is 605. The topological polar surface area (TPSA) is 93.7 Å². The normalized spacial score (nSPS) is 20.4. The maximum atomic E-state index is 12.7. The largest absolute Gasteiger partial charge is 0.467 e. The van der Waals surface area contributed by atoms with Crippen LogP contribution in [0.1, 0.15) is 33.6 Å². The lowest BCUT2D eigenvalue weighted by Gasteiger charge is -2.27. The fraction of sp³-hybridized carbons (Fsp3) is 0.650. The molecular weight excluding hydrogens is 380 g/mol. The number of nitrogens with one attached hydrogen (secondary N) is 2. The van der Waals surface area contributed by atoms with Gasteiger partial charge in [0.2, 0.25) is 5.91 Å². The smallest absolute Gasteiger partial charge is 0.407 e. The van der Waals surface area contributed by atoms with Crippen LogP contribution in [0.3, 0.4) is 0 Å². The van der Waals surface area contributed by atoms with Gasteiger partial charge in [0.15, 0.2) is 0 Å². The molecule has 158 valence electrons. The third-order valence-electron chi connectivity index (χ3n) is 4.50. The van der Waals surface area contributed by atoms with Crippen LogP contribution in [0.2, 0.25) is 0 Å². The van der Waals surface area contributed by atoms with Crippen molar-refractivity contribution in [1.82, 2.24) is 10.6 Å². The monoisotopic (exact) mass is 412 g/mol. The fourth-order valence-corrected chi connectivity index (χ4v) is 3.17. The van der Waals surface area contributed by atoms with E-state index in [1.54, 1.807) is 11.8 Å². The molecule has 3 unspecified atom stereocenters. The fourth-order valence-electron chi connectivity index (χ4n) is 2.70. The number of thioether (sulfide) groups is 1. The Morgan fingerprint density at radius 1 is 1.21 bits per heavy atom. The first-order valence-electron chi connectivity index (χ1n) is 9.37. The summed E-state index contributed by atoms with van der Waals surface area (Å²) in [7, 11) is 1.28. The molecule has 8 heteroatoms. The van der Waals surface area contributed by atoms with Crippen LogP contribution in [0.15, 0.2) is 24.3 Å². The summed E-state index contributed by atoms with van der Waals surface area (Å²) in [6.45, 7) is 5.84. The van der Waals surface area contributed by atoms with Crippen molar-refractivity contribution >= 4 is 29.7 Å². The van der Waals surface area contributed by atoms with Crippen molar-refractivity contribution in [3.8, 4) is 0 Å². The van der Waals surface area contributed by atoms with E-state index in [0.29, 0.717) is 12.2 Å². The van der Waals surface area contributed by atoms with Crippen LogP contribution in [0.4, 0.5) is 4.79 Å². The predicted molar refractivity (Wildman–Crippen MR) is 111 cm³/mol. The lowest BCUT2D eigenvalue weighted by atomic mass is 9.85. The van der Waals surface area contributed by atoms with E-state index in [4.69, 9.17) is 9.47 Å². The highest BCUT2D eigenvalue weighted by molar-refractivity contribution is 7.98. The Morgan fingerprint density at radius 3 is 2.46 bits per heavy atom. The molecule has 0 aromatic carbocycles. The minimum absolute atomic E-state index is 0.181. The van der Waals surface area contributed by atoms with Crippen molar-refractivity contribution in [3.05, 3.63) is 24.3 Å². The summed E-state index contributed by atoms with van der Waals surface area (Å²) < 4.78 is 10.1. The highest BCUT2D eigenvalue weighted by Crippen LogP contribution is 2.27. The van der Waals surface area contributed by atoms with Crippen LogP contribution in [0, 0.1) is 11.3 Å². The number of allylic oxidation sites excluding steroid dienone is 3. The molecule has 0 heterocycles. The van der Waals surface area contributed by atoms with E-state index in [2.05, 4.69) is 10.6 Å². The van der Waals surface area contributed by atoms with Gasteiger partial charge in [0.25, 0.3) is 0 Å². The maximum absolute atomic E-state index is 12.7. The molecule has 0 saturated carbocycles. The number of esters is 1. The molecule has 0 aliphatic heterocycles. The average Bonchev–Trinajstić information content (AvgIpc) is 2.67. The van der Waals surface area contributed by atoms with Gasteiger partial charge < -0.3 is 20.1 Å². The van der Waals surface area contributed by atoms with Crippen LogP contribution < -0.4 is 10.6 Å². The first-order chi connectivity index (χ1) is 13.2. The number of ether oxygens (including phenoxy) is 2. The van der Waals surface area contributed by atoms with Gasteiger partial charge in [-0.1, -0.05) is 45.1 Å². The molecule has 0 saturated heterocycles. The summed E-state index contributed by atoms with van der Waals surface area (Å²) in [5, 5.41) is 5.30. The minimum Gasteiger partial charge on any atom is -0.467 e. The lowest BCUT2D eigenvalue weighted by Crippen LogP contribution is -2.54. The van der Waals surface area contributed by atoms with E-state index in [9.17, 15) is 14.4 Å². The molecule has 28 heavy (non-hydrogen) atoms. The highest BCUT2D eigenvalue weighted by Gasteiger charge is 2.30. The van der Waals surface area contributed by atoms with Crippen molar-refractivity contribution in [2.75, 3.05) is 25.7 Å². The van der Waals surface area contributed by atoms with Gasteiger partial charge in [-0.3, -0.25) is 4.79 Å². The predicted octanol–water partition coefficient (Wildman–Crippen LogP) is 2.67. The molecule has 0 fully saturated rings. The molecule has 1 aliphatic carbocycles. The third-order valence-corrected chi connectivity index (χ3v) is 5.14. The summed E-state index contributed by atoms with van der Waals surface area (Å²) in [6, 6.07) is -1.56. The van der Waals surface area contributed by atoms with Crippen LogP contribution in [-0.2, 0) is 19.1 Å². The minimum atomic E-state index is -0.816. The molecule has 3 atom stereocenters. The molecule has 0 bridgehead atoms. The number of hydrogen-bond donors (Lipinski definition) is 2. The maximum Gasteiger partial charge on any atom is 0.407 e. The molecule has 0 aromatic heterocycles. The van der Waals surface area contributed by atoms with Crippen LogP contribution in [-0.4, -0.2) is 55.8 Å². The zero-order valence-corrected chi connectivity index (χ0v) is 18.1. The quantitative estimate of drug-likeness (QED) is 0.536. The Labute approximate surface area is 171 Å². The second-order valence-corrected chi connectivity index (χ2v) is 8.44. The zero-order chi connectivity index (χ0) is 21.2. The molecule has 0 aromatic rings. The van der Waals surface area contributed by atoms with Crippen molar-refractivity contribution in [3.63, 3.8) is 0 Å². The van der Waals surface area contributed by atoms with Crippen molar-refractivity contribution in [2.45, 2.75) is 45.7 Å². The molecule has 0 spiro atoms. The third kappa shape index (κ3) is 7.96. The average molecular weight is 413 g/mol. The molecular formula is C20H32N2O5S. The molecule has 2 N–H and O–H groups in total. The van der Waals surface area contributed by atoms with Gasteiger partial charge in [0.1, 0.15) is 18.7 Å². The van der Waals surface area contributed by atoms with Gasteiger partial charge in [-0.2, -0.15) is 11.8 Å². The summed E-state index contributed by atoms with van der Waals surface area (Å²) in [5.41, 5.74) is -0.254. The Morgan fingerprint density at radius 2 is 1.93 bits per heavy atom. The molecule has 1 aliphatic rings. The van der Waals surface area contributed by atoms with Crippen LogP contribution in [0.5, 0.6) is 0 Å². The van der Waals surface area contributed by atoms with Gasteiger partial charge in [-0.25, -0.2) is 9.59 Å². The molecule has 1 rings (SSSR count). The molecule has 0 radical (unpaired) electrons. The number of methoxy groups -OCH3 is 1. The van der Waals surface area contributed by atoms with E-state index in [-0.39, 0.29) is 17.9 Å². The first kappa shape index (κ1) is 24.1. The Kier molecular flexibility index (Phi) is 10.1. The van der Waals surface area contributed by atoms with Gasteiger partial charge in [0.05, 0.1) is 7.11 Å². The Balaban J connectivity index is 2.65. The molecule has 2 amide bonds. The SMILES string of the molecule is COC(=O)C(CCSC)NC(=O)C(NC(=O)OCC1(C)C=CC=CC1)C(C)C. The van der Waals surface area contributed by atoms with Crippen LogP contribution >= 0.6 is 11.8 Å². The van der Waals surface area contributed by atoms with Crippen molar-refractivity contribution in [1.29, 1.82) is 0 Å². The van der Waals surface area contributed by atoms with Gasteiger partial charge in [-0.15, -0.1) is 0 Å². The Hall–Kier alpha value is -1.96. The number of hydrogen-bond acceptors (Lipinski definition) is 6. The van der Waals surface area contributed by atoms with Crippen molar-refractivity contribution in [2.24, 2.45) is 11.3 Å². The van der Waals surface area contributed by atoms with E-state index < -0.39 is 30.1 Å². The van der Waals surface area contributed by atoms with E-state index in [1.807, 2.05) is 51.3 Å². The standard InChI is InChI=1S/C20H32N2O5S/c1-14(2)16(17(23)21-15(9-12-28-5)18(24)26-4)22-19(25)27-13-20(3)10-7-6-8-11-20/h6-8,10,14-16H,9,11-13H2,1-5H3,(H,21,23)(H,22,25). The van der Waals surface area contributed by atoms with E-state index >= 15 is 0 Å². The summed E-state index contributed by atoms with van der Waals surface area (Å²) in [6.07, 6.45) is 10.4. The zero-order valence-electron chi connectivity index (χ0n) is 17.3. The number of carbonyl (C=O) groups is 3. The van der Waals surface area contributed by atoms with Gasteiger partial charge >= 0.3 is 12.1 Å². The number of alkyl carbamates (subject to hydrolysis) is 1. The molecule has 7 nitrogen and oxygen atoms in total. The lowest BCUT2D eigenvalue weighted by molar-refractivity contribution is -0.145. The second kappa shape index (κ2) is 11.8. The first-order valence-corrected chi connectivity index (χ1v) is 10.8. The number of amides is 2. The van der Waals surface area contributed by atoms with Gasteiger partial charge in [0, 0.05) is 5.41 Å². The van der Waals surface area contributed by atoms with Crippen molar-refractivity contribution < 1.29 is 23.9 Å². The van der Waals surface area contributed by atoms with E-state index in [1.165, 1.54) is 7.11 Å².